The molecule has 0 fully saturated rings. The third-order valence-corrected chi connectivity index (χ3v) is 5.54. The van der Waals surface area contributed by atoms with Gasteiger partial charge in [-0.3, -0.25) is 9.78 Å². The van der Waals surface area contributed by atoms with Gasteiger partial charge in [-0.1, -0.05) is 17.3 Å². The lowest BCUT2D eigenvalue weighted by molar-refractivity contribution is 0.0723. The molecule has 0 atom stereocenters. The van der Waals surface area contributed by atoms with Gasteiger partial charge in [-0.25, -0.2) is 0 Å². The molecule has 0 aromatic carbocycles. The molecule has 4 aromatic heterocycles. The maximum Gasteiger partial charge on any atom is 0.276 e. The number of rotatable bonds is 6. The number of thiophene rings is 2. The van der Waals surface area contributed by atoms with E-state index in [0.29, 0.717) is 24.5 Å². The highest BCUT2D eigenvalue weighted by Gasteiger charge is 2.22. The van der Waals surface area contributed by atoms with Gasteiger partial charge in [0.2, 0.25) is 0 Å². The highest BCUT2D eigenvalue weighted by Crippen LogP contribution is 2.22. The van der Waals surface area contributed by atoms with E-state index in [2.05, 4.69) is 10.1 Å². The molecule has 1 amide bonds. The standard InChI is InChI=1S/C19H15N3O2S2/c23-19(17-10-18(24-21-17)14-4-1-7-20-11-14)22(12-15-5-2-8-25-15)13-16-6-3-9-26-16/h1-11H,12-13H2. The third kappa shape index (κ3) is 3.74. The minimum absolute atomic E-state index is 0.148. The maximum absolute atomic E-state index is 13.0. The van der Waals surface area contributed by atoms with Gasteiger partial charge in [0.25, 0.3) is 5.91 Å². The van der Waals surface area contributed by atoms with Crippen LogP contribution in [0.5, 0.6) is 0 Å². The third-order valence-electron chi connectivity index (χ3n) is 3.82. The summed E-state index contributed by atoms with van der Waals surface area (Å²) >= 11 is 3.27. The lowest BCUT2D eigenvalue weighted by Gasteiger charge is -2.20. The maximum atomic E-state index is 13.0. The first-order valence-corrected chi connectivity index (χ1v) is 9.77. The number of amides is 1. The van der Waals surface area contributed by atoms with Crippen molar-refractivity contribution in [2.24, 2.45) is 0 Å². The molecule has 26 heavy (non-hydrogen) atoms. The van der Waals surface area contributed by atoms with Crippen LogP contribution in [-0.4, -0.2) is 20.9 Å². The van der Waals surface area contributed by atoms with Gasteiger partial charge in [-0.15, -0.1) is 22.7 Å². The summed E-state index contributed by atoms with van der Waals surface area (Å²) in [6, 6.07) is 13.4. The fourth-order valence-corrected chi connectivity index (χ4v) is 4.00. The van der Waals surface area contributed by atoms with Crippen molar-refractivity contribution in [2.45, 2.75) is 13.1 Å². The van der Waals surface area contributed by atoms with E-state index in [-0.39, 0.29) is 5.91 Å². The molecule has 0 radical (unpaired) electrons. The lowest BCUT2D eigenvalue weighted by Crippen LogP contribution is -2.29. The average Bonchev–Trinajstić information content (AvgIpc) is 3.44. The Morgan fingerprint density at radius 3 is 2.35 bits per heavy atom. The van der Waals surface area contributed by atoms with Gasteiger partial charge >= 0.3 is 0 Å². The quantitative estimate of drug-likeness (QED) is 0.486. The molecular formula is C19H15N3O2S2. The van der Waals surface area contributed by atoms with E-state index in [0.717, 1.165) is 15.3 Å². The largest absolute Gasteiger partial charge is 0.355 e. The van der Waals surface area contributed by atoms with E-state index in [1.54, 1.807) is 46.0 Å². The topological polar surface area (TPSA) is 59.2 Å². The molecule has 0 N–H and O–H groups in total. The first kappa shape index (κ1) is 16.7. The van der Waals surface area contributed by atoms with Crippen molar-refractivity contribution in [3.05, 3.63) is 81.1 Å². The zero-order valence-corrected chi connectivity index (χ0v) is 15.4. The van der Waals surface area contributed by atoms with Crippen molar-refractivity contribution in [3.8, 4) is 11.3 Å². The Labute approximate surface area is 158 Å². The minimum atomic E-state index is -0.148. The van der Waals surface area contributed by atoms with E-state index in [4.69, 9.17) is 4.52 Å². The second-order valence-corrected chi connectivity index (χ2v) is 7.70. The van der Waals surface area contributed by atoms with Crippen molar-refractivity contribution in [1.82, 2.24) is 15.0 Å². The van der Waals surface area contributed by atoms with Crippen molar-refractivity contribution < 1.29 is 9.32 Å². The molecular weight excluding hydrogens is 366 g/mol. The van der Waals surface area contributed by atoms with Crippen LogP contribution in [0.2, 0.25) is 0 Å². The fraction of sp³-hybridized carbons (Fsp3) is 0.105. The van der Waals surface area contributed by atoms with E-state index >= 15 is 0 Å². The highest BCUT2D eigenvalue weighted by molar-refractivity contribution is 7.10. The molecule has 0 unspecified atom stereocenters. The van der Waals surface area contributed by atoms with Crippen LogP contribution >= 0.6 is 22.7 Å². The molecule has 4 rings (SSSR count). The number of nitrogens with zero attached hydrogens (tertiary/aromatic N) is 3. The number of hydrogen-bond donors (Lipinski definition) is 0. The number of aromatic nitrogens is 2. The van der Waals surface area contributed by atoms with Gasteiger partial charge in [0.1, 0.15) is 0 Å². The number of carbonyl (C=O) groups excluding carboxylic acids is 1. The zero-order chi connectivity index (χ0) is 17.8. The Morgan fingerprint density at radius 2 is 1.77 bits per heavy atom. The van der Waals surface area contributed by atoms with Crippen LogP contribution in [0.25, 0.3) is 11.3 Å². The lowest BCUT2D eigenvalue weighted by atomic mass is 10.2. The SMILES string of the molecule is O=C(c1cc(-c2cccnc2)on1)N(Cc1cccs1)Cc1cccs1. The van der Waals surface area contributed by atoms with E-state index in [1.165, 1.54) is 0 Å². The van der Waals surface area contributed by atoms with Crippen LogP contribution in [0.3, 0.4) is 0 Å². The van der Waals surface area contributed by atoms with Gasteiger partial charge in [0.15, 0.2) is 11.5 Å². The molecule has 130 valence electrons. The normalized spacial score (nSPS) is 10.8. The Morgan fingerprint density at radius 1 is 1.04 bits per heavy atom. The molecule has 0 aliphatic heterocycles. The summed E-state index contributed by atoms with van der Waals surface area (Å²) in [5, 5.41) is 8.01. The van der Waals surface area contributed by atoms with E-state index in [9.17, 15) is 4.79 Å². The van der Waals surface area contributed by atoms with E-state index in [1.807, 2.05) is 47.2 Å². The summed E-state index contributed by atoms with van der Waals surface area (Å²) in [4.78, 5) is 21.2. The monoisotopic (exact) mass is 381 g/mol. The molecule has 0 aliphatic carbocycles. The first-order valence-electron chi connectivity index (χ1n) is 8.01. The summed E-state index contributed by atoms with van der Waals surface area (Å²) in [5.74, 6) is 0.388. The molecule has 0 spiro atoms. The van der Waals surface area contributed by atoms with Gasteiger partial charge in [0.05, 0.1) is 13.1 Å². The molecule has 0 aliphatic rings. The molecule has 4 heterocycles. The van der Waals surface area contributed by atoms with Crippen molar-refractivity contribution in [1.29, 1.82) is 0 Å². The summed E-state index contributed by atoms with van der Waals surface area (Å²) in [5.41, 5.74) is 1.10. The Bertz CT molecular complexity index is 927. The van der Waals surface area contributed by atoms with E-state index < -0.39 is 0 Å². The van der Waals surface area contributed by atoms with Crippen molar-refractivity contribution in [3.63, 3.8) is 0 Å². The van der Waals surface area contributed by atoms with Gasteiger partial charge < -0.3 is 9.42 Å². The Hall–Kier alpha value is -2.77. The number of carbonyl (C=O) groups is 1. The summed E-state index contributed by atoms with van der Waals surface area (Å²) in [7, 11) is 0. The van der Waals surface area contributed by atoms with Crippen LogP contribution in [0.1, 0.15) is 20.2 Å². The predicted molar refractivity (Wildman–Crippen MR) is 102 cm³/mol. The van der Waals surface area contributed by atoms with Crippen LogP contribution in [0, 0.1) is 0 Å². The average molecular weight is 381 g/mol. The van der Waals surface area contributed by atoms with Crippen LogP contribution < -0.4 is 0 Å². The number of pyridine rings is 1. The molecule has 0 bridgehead atoms. The van der Waals surface area contributed by atoms with Crippen LogP contribution in [-0.2, 0) is 13.1 Å². The molecule has 0 saturated heterocycles. The van der Waals surface area contributed by atoms with Crippen LogP contribution in [0.15, 0.2) is 70.1 Å². The highest BCUT2D eigenvalue weighted by atomic mass is 32.1. The van der Waals surface area contributed by atoms with Gasteiger partial charge in [0, 0.05) is 33.8 Å². The van der Waals surface area contributed by atoms with Gasteiger partial charge in [-0.05, 0) is 35.0 Å². The summed E-state index contributed by atoms with van der Waals surface area (Å²) in [6.07, 6.45) is 3.37. The first-order chi connectivity index (χ1) is 12.8. The molecule has 5 nitrogen and oxygen atoms in total. The molecule has 4 aromatic rings. The smallest absolute Gasteiger partial charge is 0.276 e. The summed E-state index contributed by atoms with van der Waals surface area (Å²) < 4.78 is 5.36. The van der Waals surface area contributed by atoms with Gasteiger partial charge in [-0.2, -0.15) is 0 Å². The zero-order valence-electron chi connectivity index (χ0n) is 13.7. The van der Waals surface area contributed by atoms with Crippen molar-refractivity contribution >= 4 is 28.6 Å². The molecule has 0 saturated carbocycles. The predicted octanol–water partition coefficient (Wildman–Crippen LogP) is 4.70. The number of hydrogen-bond acceptors (Lipinski definition) is 6. The fourth-order valence-electron chi connectivity index (χ4n) is 2.56. The summed E-state index contributed by atoms with van der Waals surface area (Å²) in [6.45, 7) is 1.09. The van der Waals surface area contributed by atoms with Crippen LogP contribution in [0.4, 0.5) is 0 Å². The Balaban J connectivity index is 1.58. The minimum Gasteiger partial charge on any atom is -0.355 e. The second-order valence-electron chi connectivity index (χ2n) is 5.64. The Kier molecular flexibility index (Phi) is 4.90. The second kappa shape index (κ2) is 7.63. The van der Waals surface area contributed by atoms with Crippen molar-refractivity contribution in [2.75, 3.05) is 0 Å². The molecule has 7 heteroatoms.